The number of unbranched alkanes of at least 4 members (excludes halogenated alkanes) is 2. The summed E-state index contributed by atoms with van der Waals surface area (Å²) >= 11 is 6.51. The monoisotopic (exact) mass is 393 g/mol. The fraction of sp³-hybridized carbons (Fsp3) is 0.467. The third kappa shape index (κ3) is 4.61. The van der Waals surface area contributed by atoms with Crippen molar-refractivity contribution in [3.05, 3.63) is 21.9 Å². The zero-order valence-electron chi connectivity index (χ0n) is 14.3. The van der Waals surface area contributed by atoms with E-state index in [2.05, 4.69) is 30.6 Å². The van der Waals surface area contributed by atoms with Gasteiger partial charge in [0.1, 0.15) is 10.6 Å². The Morgan fingerprint density at radius 3 is 3.00 bits per heavy atom. The number of carbonyl (C=O) groups is 1. The Labute approximate surface area is 158 Å². The molecule has 3 aromatic rings. The third-order valence-electron chi connectivity index (χ3n) is 3.74. The van der Waals surface area contributed by atoms with Crippen LogP contribution in [0.15, 0.2) is 12.1 Å². The van der Waals surface area contributed by atoms with E-state index < -0.39 is 6.09 Å². The van der Waals surface area contributed by atoms with Crippen LogP contribution in [0.2, 0.25) is 0 Å². The maximum absolute atomic E-state index is 12.3. The van der Waals surface area contributed by atoms with E-state index >= 15 is 0 Å². The van der Waals surface area contributed by atoms with Crippen molar-refractivity contribution in [1.29, 1.82) is 0 Å². The number of aromatic nitrogens is 6. The number of carbonyl (C=O) groups excluding carboxylic acids is 1. The van der Waals surface area contributed by atoms with Gasteiger partial charge in [0, 0.05) is 13.0 Å². The SMILES string of the molecule is CCN(C(=O)OCCCCCc1nn[nH]n1)c1ccc2[nH]c(=S)sc2n1. The Hall–Kier alpha value is -2.40. The minimum absolute atomic E-state index is 0.368. The summed E-state index contributed by atoms with van der Waals surface area (Å²) in [5, 5.41) is 13.7. The number of fused-ring (bicyclic) bond motifs is 1. The molecule has 11 heteroatoms. The first-order valence-corrected chi connectivity index (χ1v) is 9.56. The molecule has 0 aliphatic heterocycles. The number of ether oxygens (including phenoxy) is 1. The first-order chi connectivity index (χ1) is 12.7. The highest BCUT2D eigenvalue weighted by molar-refractivity contribution is 7.73. The number of anilines is 1. The molecular weight excluding hydrogens is 374 g/mol. The number of H-pyrrole nitrogens is 2. The lowest BCUT2D eigenvalue weighted by Gasteiger charge is -2.19. The Balaban J connectivity index is 1.47. The normalized spacial score (nSPS) is 11.0. The van der Waals surface area contributed by atoms with E-state index in [4.69, 9.17) is 17.0 Å². The quantitative estimate of drug-likeness (QED) is 0.446. The second kappa shape index (κ2) is 8.81. The number of pyridine rings is 1. The standard InChI is InChI=1S/C15H19N7O2S2/c1-2-22(12-8-7-10-13(17-12)26-14(25)16-10)15(23)24-9-5-3-4-6-11-18-20-21-19-11/h7-8H,2-6,9H2,1H3,(H,16,25)(H,18,19,20,21). The van der Waals surface area contributed by atoms with Gasteiger partial charge in [-0.15, -0.1) is 10.2 Å². The first-order valence-electron chi connectivity index (χ1n) is 8.34. The number of aromatic amines is 2. The number of nitrogens with zero attached hydrogens (tertiary/aromatic N) is 5. The van der Waals surface area contributed by atoms with E-state index in [9.17, 15) is 4.79 Å². The molecule has 0 fully saturated rings. The lowest BCUT2D eigenvalue weighted by molar-refractivity contribution is 0.151. The predicted molar refractivity (Wildman–Crippen MR) is 101 cm³/mol. The van der Waals surface area contributed by atoms with Crippen LogP contribution in [0.5, 0.6) is 0 Å². The lowest BCUT2D eigenvalue weighted by atomic mass is 10.2. The number of rotatable bonds is 8. The number of hydrogen-bond donors (Lipinski definition) is 2. The van der Waals surface area contributed by atoms with Gasteiger partial charge < -0.3 is 9.72 Å². The van der Waals surface area contributed by atoms with Crippen molar-refractivity contribution in [2.75, 3.05) is 18.1 Å². The molecule has 3 heterocycles. The Bertz CT molecular complexity index is 906. The van der Waals surface area contributed by atoms with Gasteiger partial charge in [0.25, 0.3) is 0 Å². The highest BCUT2D eigenvalue weighted by Gasteiger charge is 2.17. The number of nitrogens with one attached hydrogen (secondary N) is 2. The molecular formula is C15H19N7O2S2. The smallest absolute Gasteiger partial charge is 0.415 e. The summed E-state index contributed by atoms with van der Waals surface area (Å²) in [6.45, 7) is 2.73. The molecule has 0 aliphatic rings. The molecule has 0 saturated carbocycles. The van der Waals surface area contributed by atoms with Gasteiger partial charge in [-0.2, -0.15) is 5.21 Å². The molecule has 0 aromatic carbocycles. The van der Waals surface area contributed by atoms with E-state index in [1.165, 1.54) is 16.2 Å². The summed E-state index contributed by atoms with van der Waals surface area (Å²) in [5.74, 6) is 1.26. The molecule has 3 aromatic heterocycles. The first kappa shape index (κ1) is 18.4. The van der Waals surface area contributed by atoms with Crippen molar-refractivity contribution in [3.63, 3.8) is 0 Å². The van der Waals surface area contributed by atoms with Crippen molar-refractivity contribution in [1.82, 2.24) is 30.6 Å². The van der Waals surface area contributed by atoms with E-state index in [0.29, 0.717) is 28.7 Å². The van der Waals surface area contributed by atoms with Gasteiger partial charge in [-0.25, -0.2) is 9.78 Å². The molecule has 0 aliphatic carbocycles. The Morgan fingerprint density at radius 2 is 2.23 bits per heavy atom. The summed E-state index contributed by atoms with van der Waals surface area (Å²) in [4.78, 5) is 22.2. The number of amides is 1. The van der Waals surface area contributed by atoms with Crippen LogP contribution in [0.25, 0.3) is 10.3 Å². The van der Waals surface area contributed by atoms with Gasteiger partial charge in [0.05, 0.1) is 12.1 Å². The second-order valence-electron chi connectivity index (χ2n) is 5.53. The number of tetrazole rings is 1. The topological polar surface area (TPSA) is 113 Å². The summed E-state index contributed by atoms with van der Waals surface area (Å²) < 4.78 is 6.04. The van der Waals surface area contributed by atoms with E-state index in [0.717, 1.165) is 36.0 Å². The highest BCUT2D eigenvalue weighted by atomic mass is 32.1. The van der Waals surface area contributed by atoms with Gasteiger partial charge >= 0.3 is 6.09 Å². The number of hydrogen-bond acceptors (Lipinski definition) is 8. The fourth-order valence-corrected chi connectivity index (χ4v) is 3.50. The van der Waals surface area contributed by atoms with Crippen molar-refractivity contribution in [3.8, 4) is 0 Å². The molecule has 26 heavy (non-hydrogen) atoms. The molecule has 0 saturated heterocycles. The molecule has 1 amide bonds. The molecule has 0 atom stereocenters. The van der Waals surface area contributed by atoms with Gasteiger partial charge in [0.15, 0.2) is 9.78 Å². The van der Waals surface area contributed by atoms with Crippen molar-refractivity contribution in [2.24, 2.45) is 0 Å². The van der Waals surface area contributed by atoms with Gasteiger partial charge in [-0.3, -0.25) is 4.90 Å². The summed E-state index contributed by atoms with van der Waals surface area (Å²) in [5.41, 5.74) is 0.870. The lowest BCUT2D eigenvalue weighted by Crippen LogP contribution is -2.32. The summed E-state index contributed by atoms with van der Waals surface area (Å²) in [7, 11) is 0. The van der Waals surface area contributed by atoms with Crippen LogP contribution in [0, 0.1) is 3.95 Å². The van der Waals surface area contributed by atoms with Crippen LogP contribution in [0.3, 0.4) is 0 Å². The van der Waals surface area contributed by atoms with Crippen LogP contribution in [0.4, 0.5) is 10.6 Å². The molecule has 9 nitrogen and oxygen atoms in total. The molecule has 0 radical (unpaired) electrons. The van der Waals surface area contributed by atoms with Crippen LogP contribution in [0.1, 0.15) is 32.0 Å². The molecule has 0 unspecified atom stereocenters. The van der Waals surface area contributed by atoms with Crippen LogP contribution in [-0.2, 0) is 11.2 Å². The fourth-order valence-electron chi connectivity index (χ4n) is 2.45. The number of thiazole rings is 1. The van der Waals surface area contributed by atoms with E-state index in [1.807, 2.05) is 13.0 Å². The maximum atomic E-state index is 12.3. The van der Waals surface area contributed by atoms with E-state index in [1.54, 1.807) is 6.07 Å². The highest BCUT2D eigenvalue weighted by Crippen LogP contribution is 2.22. The zero-order valence-corrected chi connectivity index (χ0v) is 15.9. The van der Waals surface area contributed by atoms with Gasteiger partial charge in [-0.1, -0.05) is 16.6 Å². The van der Waals surface area contributed by atoms with Crippen LogP contribution in [-0.4, -0.2) is 49.8 Å². The summed E-state index contributed by atoms with van der Waals surface area (Å²) in [6, 6.07) is 3.66. The largest absolute Gasteiger partial charge is 0.449 e. The van der Waals surface area contributed by atoms with Crippen molar-refractivity contribution in [2.45, 2.75) is 32.6 Å². The van der Waals surface area contributed by atoms with E-state index in [-0.39, 0.29) is 0 Å². The average Bonchev–Trinajstić information content (AvgIpc) is 3.26. The molecule has 2 N–H and O–H groups in total. The Morgan fingerprint density at radius 1 is 1.35 bits per heavy atom. The van der Waals surface area contributed by atoms with Crippen LogP contribution >= 0.6 is 23.6 Å². The second-order valence-corrected chi connectivity index (χ2v) is 7.20. The minimum Gasteiger partial charge on any atom is -0.449 e. The zero-order chi connectivity index (χ0) is 18.4. The van der Waals surface area contributed by atoms with Crippen LogP contribution < -0.4 is 4.90 Å². The molecule has 3 rings (SSSR count). The molecule has 138 valence electrons. The predicted octanol–water partition coefficient (Wildman–Crippen LogP) is 3.24. The average molecular weight is 393 g/mol. The Kier molecular flexibility index (Phi) is 6.23. The van der Waals surface area contributed by atoms with Gasteiger partial charge in [0.2, 0.25) is 0 Å². The molecule has 0 bridgehead atoms. The minimum atomic E-state index is -0.392. The van der Waals surface area contributed by atoms with Crippen molar-refractivity contribution >= 4 is 45.8 Å². The number of aryl methyl sites for hydroxylation is 1. The van der Waals surface area contributed by atoms with Crippen molar-refractivity contribution < 1.29 is 9.53 Å². The molecule has 0 spiro atoms. The third-order valence-corrected chi connectivity index (χ3v) is 4.89. The maximum Gasteiger partial charge on any atom is 0.415 e. The van der Waals surface area contributed by atoms with Gasteiger partial charge in [-0.05, 0) is 50.5 Å². The summed E-state index contributed by atoms with van der Waals surface area (Å²) in [6.07, 6.45) is 3.00.